The third-order valence-electron chi connectivity index (χ3n) is 3.52. The largest absolute Gasteiger partial charge is 0.376 e. The van der Waals surface area contributed by atoms with Gasteiger partial charge in [-0.05, 0) is 37.8 Å². The first-order valence-corrected chi connectivity index (χ1v) is 7.06. The predicted octanol–water partition coefficient (Wildman–Crippen LogP) is 2.23. The van der Waals surface area contributed by atoms with Gasteiger partial charge in [-0.15, -0.1) is 0 Å². The van der Waals surface area contributed by atoms with E-state index in [9.17, 15) is 9.18 Å². The van der Waals surface area contributed by atoms with Crippen LogP contribution in [0, 0.1) is 5.82 Å². The Kier molecular flexibility index (Phi) is 5.35. The lowest BCUT2D eigenvalue weighted by molar-refractivity contribution is 0.0860. The van der Waals surface area contributed by atoms with E-state index in [1.165, 1.54) is 6.07 Å². The molecule has 2 amide bonds. The zero-order valence-corrected chi connectivity index (χ0v) is 11.7. The van der Waals surface area contributed by atoms with Gasteiger partial charge in [0, 0.05) is 13.2 Å². The molecule has 2 unspecified atom stereocenters. The summed E-state index contributed by atoms with van der Waals surface area (Å²) in [5.41, 5.74) is 0.611. The number of carbonyl (C=O) groups excluding carboxylic acids is 1. The van der Waals surface area contributed by atoms with E-state index in [1.807, 2.05) is 6.92 Å². The van der Waals surface area contributed by atoms with E-state index in [1.54, 1.807) is 18.2 Å². The standard InChI is InChI=1S/C15H21FN2O2/c1-11(14-7-4-10-20-14)18-15(19)17-9-8-12-5-2-3-6-13(12)16/h2-3,5-6,11,14H,4,7-10H2,1H3,(H2,17,18,19). The molecule has 1 aliphatic rings. The molecule has 110 valence electrons. The number of ether oxygens (including phenoxy) is 1. The maximum absolute atomic E-state index is 13.4. The Labute approximate surface area is 118 Å². The Hall–Kier alpha value is -1.62. The van der Waals surface area contributed by atoms with Crippen LogP contribution in [0.1, 0.15) is 25.3 Å². The van der Waals surface area contributed by atoms with Gasteiger partial charge in [0.1, 0.15) is 5.82 Å². The second-order valence-corrected chi connectivity index (χ2v) is 5.08. The van der Waals surface area contributed by atoms with Crippen LogP contribution < -0.4 is 10.6 Å². The molecule has 4 nitrogen and oxygen atoms in total. The average molecular weight is 280 g/mol. The molecule has 0 aliphatic carbocycles. The van der Waals surface area contributed by atoms with Gasteiger partial charge >= 0.3 is 6.03 Å². The van der Waals surface area contributed by atoms with E-state index in [4.69, 9.17) is 4.74 Å². The maximum Gasteiger partial charge on any atom is 0.315 e. The monoisotopic (exact) mass is 280 g/mol. The number of urea groups is 1. The summed E-state index contributed by atoms with van der Waals surface area (Å²) in [6.07, 6.45) is 2.61. The summed E-state index contributed by atoms with van der Waals surface area (Å²) in [6.45, 7) is 3.11. The first-order valence-electron chi connectivity index (χ1n) is 7.06. The molecule has 0 saturated carbocycles. The maximum atomic E-state index is 13.4. The minimum Gasteiger partial charge on any atom is -0.376 e. The van der Waals surface area contributed by atoms with Crippen molar-refractivity contribution in [3.8, 4) is 0 Å². The second kappa shape index (κ2) is 7.24. The molecule has 1 aliphatic heterocycles. The summed E-state index contributed by atoms with van der Waals surface area (Å²) in [4.78, 5) is 11.7. The summed E-state index contributed by atoms with van der Waals surface area (Å²) in [5.74, 6) is -0.234. The lowest BCUT2D eigenvalue weighted by Crippen LogP contribution is -2.46. The van der Waals surface area contributed by atoms with Crippen LogP contribution in [0.3, 0.4) is 0 Å². The highest BCUT2D eigenvalue weighted by atomic mass is 19.1. The van der Waals surface area contributed by atoms with Gasteiger partial charge in [0.05, 0.1) is 12.1 Å². The van der Waals surface area contributed by atoms with Crippen LogP contribution in [0.25, 0.3) is 0 Å². The normalized spacial score (nSPS) is 19.6. The fraction of sp³-hybridized carbons (Fsp3) is 0.533. The Morgan fingerprint density at radius 1 is 1.50 bits per heavy atom. The number of benzene rings is 1. The van der Waals surface area contributed by atoms with Crippen molar-refractivity contribution < 1.29 is 13.9 Å². The lowest BCUT2D eigenvalue weighted by atomic mass is 10.1. The summed E-state index contributed by atoms with van der Waals surface area (Å²) in [6, 6.07) is 6.36. The zero-order chi connectivity index (χ0) is 14.4. The van der Waals surface area contributed by atoms with Crippen molar-refractivity contribution in [2.24, 2.45) is 0 Å². The topological polar surface area (TPSA) is 50.4 Å². The number of carbonyl (C=O) groups is 1. The molecule has 1 saturated heterocycles. The molecule has 0 spiro atoms. The Balaban J connectivity index is 1.68. The molecule has 2 atom stereocenters. The first-order chi connectivity index (χ1) is 9.66. The lowest BCUT2D eigenvalue weighted by Gasteiger charge is -2.20. The number of halogens is 1. The molecular formula is C15H21FN2O2. The Bertz CT molecular complexity index is 447. The van der Waals surface area contributed by atoms with Crippen LogP contribution in [0.2, 0.25) is 0 Å². The van der Waals surface area contributed by atoms with Crippen LogP contribution in [-0.4, -0.2) is 31.3 Å². The van der Waals surface area contributed by atoms with Gasteiger partial charge in [-0.3, -0.25) is 0 Å². The average Bonchev–Trinajstić information content (AvgIpc) is 2.95. The fourth-order valence-electron chi connectivity index (χ4n) is 2.36. The van der Waals surface area contributed by atoms with Crippen molar-refractivity contribution in [2.45, 2.75) is 38.3 Å². The van der Waals surface area contributed by atoms with Crippen LogP contribution in [0.5, 0.6) is 0 Å². The minimum absolute atomic E-state index is 0.00837. The van der Waals surface area contributed by atoms with E-state index < -0.39 is 0 Å². The van der Waals surface area contributed by atoms with Gasteiger partial charge in [0.15, 0.2) is 0 Å². The third-order valence-corrected chi connectivity index (χ3v) is 3.52. The van der Waals surface area contributed by atoms with Gasteiger partial charge in [0.25, 0.3) is 0 Å². The summed E-state index contributed by atoms with van der Waals surface area (Å²) >= 11 is 0. The molecule has 1 aromatic rings. The fourth-order valence-corrected chi connectivity index (χ4v) is 2.36. The number of hydrogen-bond donors (Lipinski definition) is 2. The Morgan fingerprint density at radius 2 is 2.30 bits per heavy atom. The smallest absolute Gasteiger partial charge is 0.315 e. The van der Waals surface area contributed by atoms with Gasteiger partial charge in [-0.1, -0.05) is 18.2 Å². The highest BCUT2D eigenvalue weighted by Crippen LogP contribution is 2.15. The van der Waals surface area contributed by atoms with Crippen molar-refractivity contribution in [3.05, 3.63) is 35.6 Å². The van der Waals surface area contributed by atoms with Crippen molar-refractivity contribution in [3.63, 3.8) is 0 Å². The SMILES string of the molecule is CC(NC(=O)NCCc1ccccc1F)C1CCCO1. The summed E-state index contributed by atoms with van der Waals surface area (Å²) < 4.78 is 18.9. The van der Waals surface area contributed by atoms with Gasteiger partial charge < -0.3 is 15.4 Å². The van der Waals surface area contributed by atoms with Gasteiger partial charge in [-0.2, -0.15) is 0 Å². The van der Waals surface area contributed by atoms with Gasteiger partial charge in [-0.25, -0.2) is 9.18 Å². The minimum atomic E-state index is -0.234. The van der Waals surface area contributed by atoms with E-state index in [0.29, 0.717) is 18.5 Å². The van der Waals surface area contributed by atoms with E-state index in [0.717, 1.165) is 19.4 Å². The number of hydrogen-bond acceptors (Lipinski definition) is 2. The number of amides is 2. The van der Waals surface area contributed by atoms with Crippen LogP contribution >= 0.6 is 0 Å². The number of nitrogens with one attached hydrogen (secondary N) is 2. The molecule has 2 N–H and O–H groups in total. The van der Waals surface area contributed by atoms with E-state index >= 15 is 0 Å². The van der Waals surface area contributed by atoms with Crippen LogP contribution in [0.4, 0.5) is 9.18 Å². The van der Waals surface area contributed by atoms with E-state index in [-0.39, 0.29) is 24.0 Å². The van der Waals surface area contributed by atoms with Crippen LogP contribution in [0.15, 0.2) is 24.3 Å². The molecule has 1 heterocycles. The second-order valence-electron chi connectivity index (χ2n) is 5.08. The molecule has 1 aromatic carbocycles. The van der Waals surface area contributed by atoms with Crippen molar-refractivity contribution in [1.29, 1.82) is 0 Å². The van der Waals surface area contributed by atoms with E-state index in [2.05, 4.69) is 10.6 Å². The molecule has 0 radical (unpaired) electrons. The number of rotatable bonds is 5. The Morgan fingerprint density at radius 3 is 3.00 bits per heavy atom. The van der Waals surface area contributed by atoms with Crippen molar-refractivity contribution in [2.75, 3.05) is 13.2 Å². The molecule has 2 rings (SSSR count). The highest BCUT2D eigenvalue weighted by molar-refractivity contribution is 5.74. The zero-order valence-electron chi connectivity index (χ0n) is 11.7. The summed E-state index contributed by atoms with van der Waals surface area (Å²) in [5, 5.41) is 5.59. The quantitative estimate of drug-likeness (QED) is 0.869. The van der Waals surface area contributed by atoms with Gasteiger partial charge in [0.2, 0.25) is 0 Å². The molecule has 5 heteroatoms. The molecule has 0 aromatic heterocycles. The molecule has 0 bridgehead atoms. The van der Waals surface area contributed by atoms with Crippen LogP contribution in [-0.2, 0) is 11.2 Å². The molecular weight excluding hydrogens is 259 g/mol. The molecule has 1 fully saturated rings. The predicted molar refractivity (Wildman–Crippen MR) is 75.1 cm³/mol. The van der Waals surface area contributed by atoms with Crippen molar-refractivity contribution in [1.82, 2.24) is 10.6 Å². The van der Waals surface area contributed by atoms with Crippen molar-refractivity contribution >= 4 is 6.03 Å². The third kappa shape index (κ3) is 4.20. The highest BCUT2D eigenvalue weighted by Gasteiger charge is 2.23. The first kappa shape index (κ1) is 14.8. The summed E-state index contributed by atoms with van der Waals surface area (Å²) in [7, 11) is 0. The molecule has 20 heavy (non-hydrogen) atoms.